The molecule has 1 aromatic heterocycles. The van der Waals surface area contributed by atoms with Crippen LogP contribution in [-0.2, 0) is 18.3 Å². The molecular weight excluding hydrogens is 280 g/mol. The van der Waals surface area contributed by atoms with Gasteiger partial charge in [-0.3, -0.25) is 9.59 Å². The summed E-state index contributed by atoms with van der Waals surface area (Å²) in [4.78, 5) is 23.1. The van der Waals surface area contributed by atoms with Gasteiger partial charge in [-0.1, -0.05) is 30.3 Å². The molecule has 0 bridgehead atoms. The van der Waals surface area contributed by atoms with Gasteiger partial charge in [0.15, 0.2) is 0 Å². The molecule has 0 saturated carbocycles. The summed E-state index contributed by atoms with van der Waals surface area (Å²) in [7, 11) is 1.80. The molecule has 1 amide bonds. The van der Waals surface area contributed by atoms with Gasteiger partial charge in [0.2, 0.25) is 0 Å². The zero-order valence-corrected chi connectivity index (χ0v) is 12.5. The van der Waals surface area contributed by atoms with Crippen molar-refractivity contribution in [2.45, 2.75) is 25.3 Å². The summed E-state index contributed by atoms with van der Waals surface area (Å²) in [5.74, 6) is -1.04. The lowest BCUT2D eigenvalue weighted by Crippen LogP contribution is -2.37. The highest BCUT2D eigenvalue weighted by Gasteiger charge is 2.17. The summed E-state index contributed by atoms with van der Waals surface area (Å²) in [5.41, 5.74) is 1.64. The number of benzene rings is 1. The second-order valence-electron chi connectivity index (χ2n) is 5.30. The number of carbonyl (C=O) groups excluding carboxylic acids is 1. The van der Waals surface area contributed by atoms with E-state index in [-0.39, 0.29) is 18.4 Å². The van der Waals surface area contributed by atoms with Gasteiger partial charge in [-0.15, -0.1) is 0 Å². The second-order valence-corrected chi connectivity index (χ2v) is 5.30. The number of rotatable bonds is 7. The van der Waals surface area contributed by atoms with Gasteiger partial charge in [0.1, 0.15) is 5.69 Å². The third-order valence-electron chi connectivity index (χ3n) is 3.54. The zero-order valence-electron chi connectivity index (χ0n) is 12.5. The number of nitrogens with zero attached hydrogens (tertiary/aromatic N) is 1. The minimum atomic E-state index is -0.855. The average molecular weight is 300 g/mol. The summed E-state index contributed by atoms with van der Waals surface area (Å²) in [6, 6.07) is 13.1. The van der Waals surface area contributed by atoms with Crippen LogP contribution in [0.5, 0.6) is 0 Å². The quantitative estimate of drug-likeness (QED) is 0.823. The standard InChI is InChI=1S/C17H20N2O3/c1-19-11-5-8-15(19)17(22)18-14(9-10-16(20)21)12-13-6-3-2-4-7-13/h2-8,11,14H,9-10,12H2,1H3,(H,18,22)(H,20,21). The van der Waals surface area contributed by atoms with Crippen LogP contribution in [-0.4, -0.2) is 27.6 Å². The monoisotopic (exact) mass is 300 g/mol. The summed E-state index contributed by atoms with van der Waals surface area (Å²) in [5, 5.41) is 11.8. The highest BCUT2D eigenvalue weighted by molar-refractivity contribution is 5.92. The number of carbonyl (C=O) groups is 2. The molecule has 0 aliphatic carbocycles. The highest BCUT2D eigenvalue weighted by Crippen LogP contribution is 2.09. The first-order valence-electron chi connectivity index (χ1n) is 7.24. The van der Waals surface area contributed by atoms with Crippen molar-refractivity contribution < 1.29 is 14.7 Å². The second kappa shape index (κ2) is 7.45. The SMILES string of the molecule is Cn1cccc1C(=O)NC(CCC(=O)O)Cc1ccccc1. The van der Waals surface area contributed by atoms with Crippen LogP contribution in [0.2, 0.25) is 0 Å². The number of amides is 1. The number of hydrogen-bond acceptors (Lipinski definition) is 2. The zero-order chi connectivity index (χ0) is 15.9. The Hall–Kier alpha value is -2.56. The lowest BCUT2D eigenvalue weighted by Gasteiger charge is -2.18. The number of aryl methyl sites for hydroxylation is 1. The van der Waals surface area contributed by atoms with E-state index in [0.29, 0.717) is 18.5 Å². The van der Waals surface area contributed by atoms with Crippen molar-refractivity contribution in [3.8, 4) is 0 Å². The molecule has 0 radical (unpaired) electrons. The molecule has 116 valence electrons. The van der Waals surface area contributed by atoms with Crippen molar-refractivity contribution >= 4 is 11.9 Å². The molecule has 1 aromatic carbocycles. The molecule has 1 heterocycles. The first-order valence-corrected chi connectivity index (χ1v) is 7.24. The van der Waals surface area contributed by atoms with Crippen molar-refractivity contribution in [1.82, 2.24) is 9.88 Å². The van der Waals surface area contributed by atoms with E-state index in [1.165, 1.54) is 0 Å². The molecule has 1 atom stereocenters. The molecule has 0 saturated heterocycles. The van der Waals surface area contributed by atoms with E-state index < -0.39 is 5.97 Å². The first kappa shape index (κ1) is 15.8. The first-order chi connectivity index (χ1) is 10.6. The Morgan fingerprint density at radius 1 is 1.18 bits per heavy atom. The molecule has 5 nitrogen and oxygen atoms in total. The van der Waals surface area contributed by atoms with E-state index in [2.05, 4.69) is 5.32 Å². The lowest BCUT2D eigenvalue weighted by molar-refractivity contribution is -0.137. The van der Waals surface area contributed by atoms with E-state index in [9.17, 15) is 9.59 Å². The number of aromatic nitrogens is 1. The molecule has 2 N–H and O–H groups in total. The minimum absolute atomic E-state index is 0.0327. The van der Waals surface area contributed by atoms with E-state index in [4.69, 9.17) is 5.11 Å². The van der Waals surface area contributed by atoms with Gasteiger partial charge < -0.3 is 15.0 Å². The van der Waals surface area contributed by atoms with Crippen molar-refractivity contribution in [3.05, 3.63) is 59.9 Å². The van der Waals surface area contributed by atoms with Crippen LogP contribution in [0.4, 0.5) is 0 Å². The van der Waals surface area contributed by atoms with Crippen LogP contribution in [0.3, 0.4) is 0 Å². The maximum atomic E-state index is 12.3. The normalized spacial score (nSPS) is 11.9. The van der Waals surface area contributed by atoms with Gasteiger partial charge in [0, 0.05) is 25.7 Å². The lowest BCUT2D eigenvalue weighted by atomic mass is 10.0. The van der Waals surface area contributed by atoms with Gasteiger partial charge in [-0.25, -0.2) is 0 Å². The Labute approximate surface area is 129 Å². The van der Waals surface area contributed by atoms with Crippen molar-refractivity contribution in [2.75, 3.05) is 0 Å². The van der Waals surface area contributed by atoms with Crippen LogP contribution in [0.1, 0.15) is 28.9 Å². The Morgan fingerprint density at radius 3 is 2.50 bits per heavy atom. The Balaban J connectivity index is 2.05. The smallest absolute Gasteiger partial charge is 0.303 e. The molecule has 0 aliphatic heterocycles. The molecule has 1 unspecified atom stereocenters. The van der Waals surface area contributed by atoms with Gasteiger partial charge in [0.05, 0.1) is 0 Å². The molecule has 2 aromatic rings. The molecule has 2 rings (SSSR count). The van der Waals surface area contributed by atoms with Gasteiger partial charge >= 0.3 is 5.97 Å². The number of carboxylic acids is 1. The third kappa shape index (κ3) is 4.48. The van der Waals surface area contributed by atoms with E-state index in [0.717, 1.165) is 5.56 Å². The summed E-state index contributed by atoms with van der Waals surface area (Å²) < 4.78 is 1.74. The maximum Gasteiger partial charge on any atom is 0.303 e. The molecule has 0 fully saturated rings. The number of nitrogens with one attached hydrogen (secondary N) is 1. The summed E-state index contributed by atoms with van der Waals surface area (Å²) in [6.45, 7) is 0. The van der Waals surface area contributed by atoms with Crippen LogP contribution in [0.15, 0.2) is 48.7 Å². The van der Waals surface area contributed by atoms with Crippen LogP contribution in [0.25, 0.3) is 0 Å². The molecule has 0 spiro atoms. The molecule has 22 heavy (non-hydrogen) atoms. The highest BCUT2D eigenvalue weighted by atomic mass is 16.4. The predicted molar refractivity (Wildman–Crippen MR) is 83.7 cm³/mol. The number of aliphatic carboxylic acids is 1. The number of carboxylic acid groups (broad SMARTS) is 1. The average Bonchev–Trinajstić information content (AvgIpc) is 2.92. The van der Waals surface area contributed by atoms with Crippen molar-refractivity contribution in [1.29, 1.82) is 0 Å². The van der Waals surface area contributed by atoms with Gasteiger partial charge in [0.25, 0.3) is 5.91 Å². The maximum absolute atomic E-state index is 12.3. The van der Waals surface area contributed by atoms with Crippen LogP contribution in [0, 0.1) is 0 Å². The minimum Gasteiger partial charge on any atom is -0.481 e. The summed E-state index contributed by atoms with van der Waals surface area (Å²) in [6.07, 6.45) is 2.86. The fourth-order valence-electron chi connectivity index (χ4n) is 2.38. The topological polar surface area (TPSA) is 71.3 Å². The summed E-state index contributed by atoms with van der Waals surface area (Å²) >= 11 is 0. The van der Waals surface area contributed by atoms with E-state index >= 15 is 0 Å². The molecule has 0 aliphatic rings. The van der Waals surface area contributed by atoms with Crippen molar-refractivity contribution in [2.24, 2.45) is 7.05 Å². The van der Waals surface area contributed by atoms with Crippen molar-refractivity contribution in [3.63, 3.8) is 0 Å². The fourth-order valence-corrected chi connectivity index (χ4v) is 2.38. The molecule has 5 heteroatoms. The van der Waals surface area contributed by atoms with E-state index in [1.54, 1.807) is 29.9 Å². The van der Waals surface area contributed by atoms with Gasteiger partial charge in [-0.05, 0) is 30.5 Å². The van der Waals surface area contributed by atoms with Crippen LogP contribution >= 0.6 is 0 Å². The fraction of sp³-hybridized carbons (Fsp3) is 0.294. The molecular formula is C17H20N2O3. The van der Waals surface area contributed by atoms with Gasteiger partial charge in [-0.2, -0.15) is 0 Å². The largest absolute Gasteiger partial charge is 0.481 e. The Kier molecular flexibility index (Phi) is 5.36. The Bertz CT molecular complexity index is 634. The third-order valence-corrected chi connectivity index (χ3v) is 3.54. The number of hydrogen-bond donors (Lipinski definition) is 2. The predicted octanol–water partition coefficient (Wildman–Crippen LogP) is 2.23. The van der Waals surface area contributed by atoms with E-state index in [1.807, 2.05) is 30.3 Å². The Morgan fingerprint density at radius 2 is 1.91 bits per heavy atom. The van der Waals surface area contributed by atoms with Crippen LogP contribution < -0.4 is 5.32 Å².